The number of hydrogen-bond acceptors (Lipinski definition) is 4. The highest BCUT2D eigenvalue weighted by Gasteiger charge is 2.13. The molecule has 0 aliphatic rings. The summed E-state index contributed by atoms with van der Waals surface area (Å²) in [6.45, 7) is 0.376. The zero-order chi connectivity index (χ0) is 17.5. The van der Waals surface area contributed by atoms with Gasteiger partial charge in [-0.05, 0) is 23.3 Å². The van der Waals surface area contributed by atoms with Gasteiger partial charge >= 0.3 is 0 Å². The third-order valence-electron chi connectivity index (χ3n) is 3.66. The normalized spacial score (nSPS) is 11.7. The average Bonchev–Trinajstić information content (AvgIpc) is 2.61. The first-order valence-corrected chi connectivity index (χ1v) is 8.32. The maximum absolute atomic E-state index is 12.1. The van der Waals surface area contributed by atoms with Gasteiger partial charge in [0.2, 0.25) is 5.91 Å². The van der Waals surface area contributed by atoms with Crippen LogP contribution < -0.4 is 20.5 Å². The molecule has 0 saturated carbocycles. The van der Waals surface area contributed by atoms with E-state index in [2.05, 4.69) is 21.2 Å². The Labute approximate surface area is 150 Å². The SMILES string of the molecule is COc1cc(Br)c(CNC(=O)CC(N)c2ccccc2)cc1OC. The van der Waals surface area contributed by atoms with E-state index < -0.39 is 0 Å². The minimum absolute atomic E-state index is 0.104. The van der Waals surface area contributed by atoms with Crippen molar-refractivity contribution < 1.29 is 14.3 Å². The zero-order valence-electron chi connectivity index (χ0n) is 13.7. The Morgan fingerprint density at radius 3 is 2.42 bits per heavy atom. The molecule has 0 bridgehead atoms. The van der Waals surface area contributed by atoms with Crippen LogP contribution >= 0.6 is 15.9 Å². The molecule has 3 N–H and O–H groups in total. The molecule has 24 heavy (non-hydrogen) atoms. The summed E-state index contributed by atoms with van der Waals surface area (Å²) >= 11 is 3.48. The quantitative estimate of drug-likeness (QED) is 0.758. The summed E-state index contributed by atoms with van der Waals surface area (Å²) in [6.07, 6.45) is 0.231. The van der Waals surface area contributed by atoms with E-state index in [1.54, 1.807) is 14.2 Å². The Hall–Kier alpha value is -2.05. The Morgan fingerprint density at radius 1 is 1.17 bits per heavy atom. The molecule has 0 fully saturated rings. The molecule has 0 spiro atoms. The number of nitrogens with one attached hydrogen (secondary N) is 1. The molecule has 5 nitrogen and oxygen atoms in total. The Kier molecular flexibility index (Phi) is 6.63. The van der Waals surface area contributed by atoms with Crippen LogP contribution in [0.15, 0.2) is 46.9 Å². The van der Waals surface area contributed by atoms with Gasteiger partial charge in [-0.3, -0.25) is 4.79 Å². The molecule has 0 aliphatic carbocycles. The summed E-state index contributed by atoms with van der Waals surface area (Å²) in [7, 11) is 3.16. The van der Waals surface area contributed by atoms with Gasteiger partial charge in [-0.25, -0.2) is 0 Å². The van der Waals surface area contributed by atoms with Gasteiger partial charge in [-0.1, -0.05) is 46.3 Å². The van der Waals surface area contributed by atoms with Gasteiger partial charge in [0.1, 0.15) is 0 Å². The molecule has 0 heterocycles. The van der Waals surface area contributed by atoms with Crippen molar-refractivity contribution in [3.63, 3.8) is 0 Å². The van der Waals surface area contributed by atoms with Crippen molar-refractivity contribution in [1.29, 1.82) is 0 Å². The minimum atomic E-state index is -0.319. The third kappa shape index (κ3) is 4.72. The minimum Gasteiger partial charge on any atom is -0.493 e. The van der Waals surface area contributed by atoms with Crippen LogP contribution in [0.25, 0.3) is 0 Å². The van der Waals surface area contributed by atoms with Crippen LogP contribution in [0.5, 0.6) is 11.5 Å². The summed E-state index contributed by atoms with van der Waals surface area (Å²) in [4.78, 5) is 12.1. The molecule has 2 rings (SSSR count). The van der Waals surface area contributed by atoms with Gasteiger partial charge < -0.3 is 20.5 Å². The maximum Gasteiger partial charge on any atom is 0.222 e. The fourth-order valence-electron chi connectivity index (χ4n) is 2.32. The molecule has 128 valence electrons. The number of rotatable bonds is 7. The van der Waals surface area contributed by atoms with Crippen LogP contribution in [0.2, 0.25) is 0 Å². The monoisotopic (exact) mass is 392 g/mol. The van der Waals surface area contributed by atoms with Crippen LogP contribution in [0.3, 0.4) is 0 Å². The molecule has 0 radical (unpaired) electrons. The molecule has 6 heteroatoms. The first-order valence-electron chi connectivity index (χ1n) is 7.52. The van der Waals surface area contributed by atoms with Gasteiger partial charge in [0.15, 0.2) is 11.5 Å². The van der Waals surface area contributed by atoms with Gasteiger partial charge in [-0.15, -0.1) is 0 Å². The summed E-state index contributed by atoms with van der Waals surface area (Å²) in [6, 6.07) is 12.9. The smallest absolute Gasteiger partial charge is 0.222 e. The molecule has 1 unspecified atom stereocenters. The van der Waals surface area contributed by atoms with E-state index in [-0.39, 0.29) is 18.4 Å². The van der Waals surface area contributed by atoms with Crippen LogP contribution in [0.1, 0.15) is 23.6 Å². The fourth-order valence-corrected chi connectivity index (χ4v) is 2.78. The molecule has 0 aromatic heterocycles. The van der Waals surface area contributed by atoms with E-state index >= 15 is 0 Å². The van der Waals surface area contributed by atoms with Crippen molar-refractivity contribution >= 4 is 21.8 Å². The molecule has 2 aromatic carbocycles. The number of nitrogens with two attached hydrogens (primary N) is 1. The van der Waals surface area contributed by atoms with Crippen LogP contribution in [0, 0.1) is 0 Å². The van der Waals surface area contributed by atoms with E-state index in [1.807, 2.05) is 42.5 Å². The highest BCUT2D eigenvalue weighted by atomic mass is 79.9. The van der Waals surface area contributed by atoms with Crippen molar-refractivity contribution in [2.45, 2.75) is 19.0 Å². The molecule has 0 saturated heterocycles. The second kappa shape index (κ2) is 8.70. The number of ether oxygens (including phenoxy) is 2. The van der Waals surface area contributed by atoms with Gasteiger partial charge in [0.05, 0.1) is 14.2 Å². The van der Waals surface area contributed by atoms with Crippen LogP contribution in [0.4, 0.5) is 0 Å². The van der Waals surface area contributed by atoms with E-state index in [9.17, 15) is 4.79 Å². The maximum atomic E-state index is 12.1. The molecular formula is C18H21BrN2O3. The lowest BCUT2D eigenvalue weighted by molar-refractivity contribution is -0.121. The predicted octanol–water partition coefficient (Wildman–Crippen LogP) is 3.17. The summed E-state index contributed by atoms with van der Waals surface area (Å²) in [5, 5.41) is 2.88. The zero-order valence-corrected chi connectivity index (χ0v) is 15.3. The lowest BCUT2D eigenvalue weighted by Crippen LogP contribution is -2.27. The van der Waals surface area contributed by atoms with Crippen molar-refractivity contribution in [2.24, 2.45) is 5.73 Å². The number of amides is 1. The average molecular weight is 393 g/mol. The topological polar surface area (TPSA) is 73.6 Å². The summed E-state index contributed by atoms with van der Waals surface area (Å²) < 4.78 is 11.4. The summed E-state index contributed by atoms with van der Waals surface area (Å²) in [5.41, 5.74) is 7.91. The molecule has 0 aliphatic heterocycles. The molecule has 2 aromatic rings. The standard InChI is InChI=1S/C18H21BrN2O3/c1-23-16-8-13(14(19)9-17(16)24-2)11-21-18(22)10-15(20)12-6-4-3-5-7-12/h3-9,15H,10-11,20H2,1-2H3,(H,21,22). The van der Waals surface area contributed by atoms with E-state index in [1.165, 1.54) is 0 Å². The number of hydrogen-bond donors (Lipinski definition) is 2. The Balaban J connectivity index is 1.96. The fraction of sp³-hybridized carbons (Fsp3) is 0.278. The van der Waals surface area contributed by atoms with Crippen molar-refractivity contribution in [3.8, 4) is 11.5 Å². The van der Waals surface area contributed by atoms with Crippen LogP contribution in [-0.2, 0) is 11.3 Å². The second-order valence-electron chi connectivity index (χ2n) is 5.30. The largest absolute Gasteiger partial charge is 0.493 e. The number of carbonyl (C=O) groups is 1. The van der Waals surface area contributed by atoms with E-state index in [0.29, 0.717) is 18.0 Å². The molecule has 1 amide bonds. The highest BCUT2D eigenvalue weighted by molar-refractivity contribution is 9.10. The Bertz CT molecular complexity index is 692. The van der Waals surface area contributed by atoms with E-state index in [0.717, 1.165) is 15.6 Å². The third-order valence-corrected chi connectivity index (χ3v) is 4.40. The van der Waals surface area contributed by atoms with Crippen molar-refractivity contribution in [3.05, 3.63) is 58.1 Å². The first kappa shape index (κ1) is 18.3. The molecular weight excluding hydrogens is 372 g/mol. The number of methoxy groups -OCH3 is 2. The molecule has 1 atom stereocenters. The Morgan fingerprint density at radius 2 is 1.79 bits per heavy atom. The number of benzene rings is 2. The lowest BCUT2D eigenvalue weighted by Gasteiger charge is -2.14. The van der Waals surface area contributed by atoms with Gasteiger partial charge in [-0.2, -0.15) is 0 Å². The lowest BCUT2D eigenvalue weighted by atomic mass is 10.0. The first-order chi connectivity index (χ1) is 11.5. The highest BCUT2D eigenvalue weighted by Crippen LogP contribution is 2.33. The summed E-state index contributed by atoms with van der Waals surface area (Å²) in [5.74, 6) is 1.14. The van der Waals surface area contributed by atoms with Crippen LogP contribution in [-0.4, -0.2) is 20.1 Å². The van der Waals surface area contributed by atoms with Crippen molar-refractivity contribution in [1.82, 2.24) is 5.32 Å². The predicted molar refractivity (Wildman–Crippen MR) is 97.1 cm³/mol. The van der Waals surface area contributed by atoms with Gasteiger partial charge in [0.25, 0.3) is 0 Å². The number of carbonyl (C=O) groups excluding carboxylic acids is 1. The van der Waals surface area contributed by atoms with Gasteiger partial charge in [0, 0.05) is 23.5 Å². The second-order valence-corrected chi connectivity index (χ2v) is 6.15. The number of halogens is 1. The van der Waals surface area contributed by atoms with Crippen molar-refractivity contribution in [2.75, 3.05) is 14.2 Å². The van der Waals surface area contributed by atoms with E-state index in [4.69, 9.17) is 15.2 Å².